The molecule has 0 bridgehead atoms. The van der Waals surface area contributed by atoms with Crippen LogP contribution in [0.4, 0.5) is 5.82 Å². The third kappa shape index (κ3) is 3.65. The first-order valence-electron chi connectivity index (χ1n) is 6.50. The number of aryl methyl sites for hydroxylation is 1. The first-order chi connectivity index (χ1) is 8.67. The van der Waals surface area contributed by atoms with Crippen molar-refractivity contribution in [1.82, 2.24) is 14.9 Å². The Labute approximate surface area is 109 Å². The number of rotatable bonds is 5. The molecule has 1 aromatic heterocycles. The van der Waals surface area contributed by atoms with Gasteiger partial charge in [0.1, 0.15) is 11.6 Å². The average molecular weight is 250 g/mol. The van der Waals surface area contributed by atoms with E-state index in [-0.39, 0.29) is 0 Å². The van der Waals surface area contributed by atoms with E-state index in [0.717, 1.165) is 37.0 Å². The Balaban J connectivity index is 1.93. The summed E-state index contributed by atoms with van der Waals surface area (Å²) < 4.78 is 5.64. The van der Waals surface area contributed by atoms with Crippen LogP contribution in [0.15, 0.2) is 6.07 Å². The van der Waals surface area contributed by atoms with E-state index in [2.05, 4.69) is 27.2 Å². The van der Waals surface area contributed by atoms with Crippen LogP contribution in [0.2, 0.25) is 0 Å². The van der Waals surface area contributed by atoms with Crippen LogP contribution in [-0.4, -0.2) is 48.2 Å². The van der Waals surface area contributed by atoms with Crippen molar-refractivity contribution in [3.05, 3.63) is 17.6 Å². The largest absolute Gasteiger partial charge is 0.377 e. The predicted molar refractivity (Wildman–Crippen MR) is 71.6 cm³/mol. The van der Waals surface area contributed by atoms with Crippen molar-refractivity contribution >= 4 is 5.82 Å². The molecule has 0 saturated carbocycles. The summed E-state index contributed by atoms with van der Waals surface area (Å²) in [4.78, 5) is 11.2. The number of ether oxygens (including phenoxy) is 1. The minimum absolute atomic E-state index is 0.378. The molecular weight excluding hydrogens is 228 g/mol. The molecule has 0 radical (unpaired) electrons. The second kappa shape index (κ2) is 6.11. The van der Waals surface area contributed by atoms with Gasteiger partial charge < -0.3 is 10.1 Å². The van der Waals surface area contributed by atoms with Crippen molar-refractivity contribution in [1.29, 1.82) is 0 Å². The maximum atomic E-state index is 5.64. The molecule has 0 amide bonds. The zero-order valence-electron chi connectivity index (χ0n) is 11.4. The molecule has 0 aliphatic carbocycles. The molecule has 0 aromatic carbocycles. The Bertz CT molecular complexity index is 391. The van der Waals surface area contributed by atoms with Crippen molar-refractivity contribution in [2.24, 2.45) is 0 Å². The lowest BCUT2D eigenvalue weighted by molar-refractivity contribution is 0.0786. The van der Waals surface area contributed by atoms with E-state index in [9.17, 15) is 0 Å². The van der Waals surface area contributed by atoms with E-state index in [0.29, 0.717) is 6.10 Å². The number of anilines is 1. The minimum Gasteiger partial charge on any atom is -0.377 e. The quantitative estimate of drug-likeness (QED) is 0.857. The van der Waals surface area contributed by atoms with Crippen molar-refractivity contribution < 1.29 is 4.74 Å². The molecule has 1 saturated heterocycles. The SMILES string of the molecule is CNc1cc(C)nc(CN(C)CC2CCCO2)n1. The van der Waals surface area contributed by atoms with Crippen LogP contribution in [0.3, 0.4) is 0 Å². The molecule has 1 atom stereocenters. The molecule has 1 aromatic rings. The number of nitrogens with zero attached hydrogens (tertiary/aromatic N) is 3. The van der Waals surface area contributed by atoms with Gasteiger partial charge in [0.2, 0.25) is 0 Å². The van der Waals surface area contributed by atoms with Crippen molar-refractivity contribution in [3.63, 3.8) is 0 Å². The zero-order chi connectivity index (χ0) is 13.0. The Morgan fingerprint density at radius 3 is 3.00 bits per heavy atom. The highest BCUT2D eigenvalue weighted by atomic mass is 16.5. The zero-order valence-corrected chi connectivity index (χ0v) is 11.4. The number of likely N-dealkylation sites (N-methyl/N-ethyl adjacent to an activating group) is 1. The molecular formula is C13H22N4O. The van der Waals surface area contributed by atoms with Crippen LogP contribution in [0.1, 0.15) is 24.4 Å². The van der Waals surface area contributed by atoms with Gasteiger partial charge in [0.15, 0.2) is 0 Å². The molecule has 100 valence electrons. The fourth-order valence-electron chi connectivity index (χ4n) is 2.27. The highest BCUT2D eigenvalue weighted by molar-refractivity contribution is 5.34. The van der Waals surface area contributed by atoms with Crippen LogP contribution < -0.4 is 5.32 Å². The molecule has 1 aliphatic rings. The second-order valence-electron chi connectivity index (χ2n) is 4.89. The lowest BCUT2D eigenvalue weighted by Gasteiger charge is -2.19. The van der Waals surface area contributed by atoms with Crippen LogP contribution in [0, 0.1) is 6.92 Å². The number of aromatic nitrogens is 2. The fraction of sp³-hybridized carbons (Fsp3) is 0.692. The van der Waals surface area contributed by atoms with Gasteiger partial charge in [-0.1, -0.05) is 0 Å². The molecule has 2 rings (SSSR count). The van der Waals surface area contributed by atoms with E-state index >= 15 is 0 Å². The summed E-state index contributed by atoms with van der Waals surface area (Å²) >= 11 is 0. The highest BCUT2D eigenvalue weighted by Crippen LogP contribution is 2.14. The molecule has 1 fully saturated rings. The molecule has 1 N–H and O–H groups in total. The van der Waals surface area contributed by atoms with Gasteiger partial charge in [0.25, 0.3) is 0 Å². The Morgan fingerprint density at radius 1 is 1.50 bits per heavy atom. The predicted octanol–water partition coefficient (Wildman–Crippen LogP) is 1.44. The van der Waals surface area contributed by atoms with E-state index in [1.165, 1.54) is 12.8 Å². The van der Waals surface area contributed by atoms with Gasteiger partial charge in [-0.25, -0.2) is 9.97 Å². The first-order valence-corrected chi connectivity index (χ1v) is 6.50. The number of hydrogen-bond acceptors (Lipinski definition) is 5. The molecule has 0 spiro atoms. The molecule has 2 heterocycles. The average Bonchev–Trinajstić information content (AvgIpc) is 2.80. The first kappa shape index (κ1) is 13.2. The maximum absolute atomic E-state index is 5.64. The molecule has 1 unspecified atom stereocenters. The smallest absolute Gasteiger partial charge is 0.144 e. The summed E-state index contributed by atoms with van der Waals surface area (Å²) in [5.74, 6) is 1.74. The van der Waals surface area contributed by atoms with Gasteiger partial charge in [0, 0.05) is 32.0 Å². The van der Waals surface area contributed by atoms with Gasteiger partial charge >= 0.3 is 0 Å². The van der Waals surface area contributed by atoms with Crippen LogP contribution in [0.5, 0.6) is 0 Å². The van der Waals surface area contributed by atoms with Gasteiger partial charge in [-0.05, 0) is 26.8 Å². The summed E-state index contributed by atoms with van der Waals surface area (Å²) in [6.07, 6.45) is 2.73. The van der Waals surface area contributed by atoms with Crippen LogP contribution >= 0.6 is 0 Å². The normalized spacial score (nSPS) is 19.4. The Kier molecular flexibility index (Phi) is 4.49. The van der Waals surface area contributed by atoms with Crippen molar-refractivity contribution in [3.8, 4) is 0 Å². The summed E-state index contributed by atoms with van der Waals surface area (Å²) in [6.45, 7) is 4.61. The van der Waals surface area contributed by atoms with Crippen molar-refractivity contribution in [2.75, 3.05) is 32.6 Å². The number of nitrogens with one attached hydrogen (secondary N) is 1. The van der Waals surface area contributed by atoms with Gasteiger partial charge in [0.05, 0.1) is 12.6 Å². The molecule has 1 aliphatic heterocycles. The van der Waals surface area contributed by atoms with Gasteiger partial charge in [-0.2, -0.15) is 0 Å². The standard InChI is InChI=1S/C13H22N4O/c1-10-7-12(14-2)16-13(15-10)9-17(3)8-11-5-4-6-18-11/h7,11H,4-6,8-9H2,1-3H3,(H,14,15,16). The van der Waals surface area contributed by atoms with Crippen LogP contribution in [-0.2, 0) is 11.3 Å². The lowest BCUT2D eigenvalue weighted by atomic mass is 10.2. The minimum atomic E-state index is 0.378. The monoisotopic (exact) mass is 250 g/mol. The maximum Gasteiger partial charge on any atom is 0.144 e. The van der Waals surface area contributed by atoms with E-state index in [4.69, 9.17) is 4.74 Å². The number of hydrogen-bond donors (Lipinski definition) is 1. The van der Waals surface area contributed by atoms with E-state index in [1.54, 1.807) is 0 Å². The fourth-order valence-corrected chi connectivity index (χ4v) is 2.27. The Morgan fingerprint density at radius 2 is 2.33 bits per heavy atom. The van der Waals surface area contributed by atoms with Gasteiger partial charge in [-0.15, -0.1) is 0 Å². The Hall–Kier alpha value is -1.20. The van der Waals surface area contributed by atoms with Gasteiger partial charge in [-0.3, -0.25) is 4.90 Å². The van der Waals surface area contributed by atoms with E-state index in [1.807, 2.05) is 20.0 Å². The lowest BCUT2D eigenvalue weighted by Crippen LogP contribution is -2.29. The van der Waals surface area contributed by atoms with E-state index < -0.39 is 0 Å². The molecule has 18 heavy (non-hydrogen) atoms. The molecule has 5 nitrogen and oxygen atoms in total. The topological polar surface area (TPSA) is 50.3 Å². The molecule has 5 heteroatoms. The summed E-state index contributed by atoms with van der Waals surface area (Å²) in [6, 6.07) is 1.95. The third-order valence-electron chi connectivity index (χ3n) is 3.11. The summed E-state index contributed by atoms with van der Waals surface area (Å²) in [5, 5.41) is 3.06. The highest BCUT2D eigenvalue weighted by Gasteiger charge is 2.17. The summed E-state index contributed by atoms with van der Waals surface area (Å²) in [7, 11) is 3.97. The van der Waals surface area contributed by atoms with Crippen molar-refractivity contribution in [2.45, 2.75) is 32.4 Å². The van der Waals surface area contributed by atoms with Crippen LogP contribution in [0.25, 0.3) is 0 Å². The second-order valence-corrected chi connectivity index (χ2v) is 4.89. The third-order valence-corrected chi connectivity index (χ3v) is 3.11. The summed E-state index contributed by atoms with van der Waals surface area (Å²) in [5.41, 5.74) is 0.995.